The maximum Gasteiger partial charge on any atom is 0.339 e. The van der Waals surface area contributed by atoms with Crippen molar-refractivity contribution in [1.29, 1.82) is 0 Å². The summed E-state index contributed by atoms with van der Waals surface area (Å²) in [5.41, 5.74) is 2.26. The van der Waals surface area contributed by atoms with Gasteiger partial charge in [0.05, 0.1) is 0 Å². The number of para-hydroxylation sites is 1. The molecule has 21 heavy (non-hydrogen) atoms. The average molecular weight is 282 g/mol. The fourth-order valence-corrected chi connectivity index (χ4v) is 1.62. The Kier molecular flexibility index (Phi) is 6.48. The summed E-state index contributed by atoms with van der Waals surface area (Å²) in [6.45, 7) is 7.61. The minimum absolute atomic E-state index is 0.0671. The molecule has 2 aromatic carbocycles. The summed E-state index contributed by atoms with van der Waals surface area (Å²) in [5, 5.41) is 17.3. The highest BCUT2D eigenvalue weighted by atomic mass is 16.4. The number of phenols is 1. The molecule has 2 rings (SSSR count). The molecule has 0 saturated carbocycles. The van der Waals surface area contributed by atoms with Crippen LogP contribution in [0.2, 0.25) is 0 Å². The lowest BCUT2D eigenvalue weighted by molar-refractivity contribution is 0.0693. The molecule has 0 aliphatic rings. The van der Waals surface area contributed by atoms with Crippen molar-refractivity contribution in [3.63, 3.8) is 0 Å². The lowest BCUT2D eigenvalue weighted by Gasteiger charge is -2.00. The topological polar surface area (TPSA) is 57.5 Å². The van der Waals surface area contributed by atoms with Crippen molar-refractivity contribution in [3.8, 4) is 5.75 Å². The van der Waals surface area contributed by atoms with E-state index in [1.54, 1.807) is 12.1 Å². The van der Waals surface area contributed by atoms with Crippen molar-refractivity contribution in [1.82, 2.24) is 0 Å². The Hall–Kier alpha value is -2.81. The molecule has 0 aliphatic carbocycles. The zero-order valence-electron chi connectivity index (χ0n) is 11.7. The fraction of sp³-hybridized carbons (Fsp3) is 0.0556. The van der Waals surface area contributed by atoms with Gasteiger partial charge in [0, 0.05) is 0 Å². The number of carboxylic acids is 1. The third-order valence-corrected chi connectivity index (χ3v) is 2.71. The second kappa shape index (κ2) is 8.38. The normalized spacial score (nSPS) is 9.14. The van der Waals surface area contributed by atoms with Crippen molar-refractivity contribution in [3.05, 3.63) is 85.0 Å². The van der Waals surface area contributed by atoms with Crippen LogP contribution in [0.1, 0.15) is 22.3 Å². The van der Waals surface area contributed by atoms with Gasteiger partial charge in [-0.05, 0) is 29.7 Å². The Morgan fingerprint density at radius 2 is 1.62 bits per heavy atom. The van der Waals surface area contributed by atoms with Gasteiger partial charge in [-0.15, -0.1) is 6.58 Å². The van der Waals surface area contributed by atoms with Crippen LogP contribution in [0.25, 0.3) is 5.57 Å². The number of aromatic hydroxyl groups is 1. The van der Waals surface area contributed by atoms with Gasteiger partial charge in [-0.3, -0.25) is 0 Å². The molecule has 2 N–H and O–H groups in total. The summed E-state index contributed by atoms with van der Waals surface area (Å²) in [5.74, 6) is -1.31. The van der Waals surface area contributed by atoms with E-state index < -0.39 is 5.97 Å². The second-order valence-corrected chi connectivity index (χ2v) is 4.28. The molecular formula is C18H18O3. The van der Waals surface area contributed by atoms with Crippen LogP contribution in [0.4, 0.5) is 0 Å². The van der Waals surface area contributed by atoms with Crippen molar-refractivity contribution in [2.24, 2.45) is 0 Å². The fourth-order valence-electron chi connectivity index (χ4n) is 1.62. The number of rotatable bonds is 4. The summed E-state index contributed by atoms with van der Waals surface area (Å²) < 4.78 is 0. The zero-order valence-corrected chi connectivity index (χ0v) is 11.7. The Bertz CT molecular complexity index is 615. The monoisotopic (exact) mass is 282 g/mol. The standard InChI is InChI=1S/C11H12.C7H6O3/c1-3-7-10(2)11-8-5-4-6-9-11;8-6-4-2-1-3-5(6)7(9)10/h3-6,8-9H,1-2,7H2;1-4,8H,(H,9,10). The lowest BCUT2D eigenvalue weighted by atomic mass is 10.1. The van der Waals surface area contributed by atoms with Crippen LogP contribution in [0.15, 0.2) is 73.8 Å². The first-order chi connectivity index (χ1) is 10.1. The van der Waals surface area contributed by atoms with E-state index in [9.17, 15) is 4.79 Å². The second-order valence-electron chi connectivity index (χ2n) is 4.28. The molecule has 0 unspecified atom stereocenters. The van der Waals surface area contributed by atoms with Gasteiger partial charge in [0.15, 0.2) is 0 Å². The summed E-state index contributed by atoms with van der Waals surface area (Å²) in [4.78, 5) is 10.3. The number of carbonyl (C=O) groups is 1. The van der Waals surface area contributed by atoms with Gasteiger partial charge in [0.2, 0.25) is 0 Å². The van der Waals surface area contributed by atoms with Gasteiger partial charge in [0.1, 0.15) is 11.3 Å². The Morgan fingerprint density at radius 3 is 2.10 bits per heavy atom. The van der Waals surface area contributed by atoms with Crippen molar-refractivity contribution >= 4 is 11.5 Å². The van der Waals surface area contributed by atoms with E-state index in [1.165, 1.54) is 17.7 Å². The Labute approximate surface area is 124 Å². The quantitative estimate of drug-likeness (QED) is 0.819. The molecule has 0 atom stereocenters. The van der Waals surface area contributed by atoms with Crippen LogP contribution in [0.3, 0.4) is 0 Å². The molecule has 2 aromatic rings. The van der Waals surface area contributed by atoms with E-state index in [0.717, 1.165) is 12.0 Å². The highest BCUT2D eigenvalue weighted by Crippen LogP contribution is 2.15. The molecule has 108 valence electrons. The molecule has 0 amide bonds. The van der Waals surface area contributed by atoms with Crippen LogP contribution in [0, 0.1) is 0 Å². The Morgan fingerprint density at radius 1 is 1.05 bits per heavy atom. The summed E-state index contributed by atoms with van der Waals surface area (Å²) in [7, 11) is 0. The smallest absolute Gasteiger partial charge is 0.339 e. The number of allylic oxidation sites excluding steroid dienone is 2. The van der Waals surface area contributed by atoms with Crippen LogP contribution in [-0.2, 0) is 0 Å². The molecule has 0 bridgehead atoms. The third kappa shape index (κ3) is 5.37. The molecule has 0 aliphatic heterocycles. The number of hydrogen-bond acceptors (Lipinski definition) is 2. The van der Waals surface area contributed by atoms with Gasteiger partial charge in [-0.2, -0.15) is 0 Å². The van der Waals surface area contributed by atoms with Crippen molar-refractivity contribution in [2.45, 2.75) is 6.42 Å². The minimum atomic E-state index is -1.11. The van der Waals surface area contributed by atoms with Gasteiger partial charge >= 0.3 is 5.97 Å². The zero-order chi connectivity index (χ0) is 15.7. The third-order valence-electron chi connectivity index (χ3n) is 2.71. The predicted octanol–water partition coefficient (Wildman–Crippen LogP) is 4.37. The minimum Gasteiger partial charge on any atom is -0.507 e. The van der Waals surface area contributed by atoms with E-state index in [0.29, 0.717) is 0 Å². The maximum atomic E-state index is 10.3. The largest absolute Gasteiger partial charge is 0.507 e. The average Bonchev–Trinajstić information content (AvgIpc) is 2.49. The van der Waals surface area contributed by atoms with E-state index in [-0.39, 0.29) is 11.3 Å². The van der Waals surface area contributed by atoms with Crippen LogP contribution in [0.5, 0.6) is 5.75 Å². The highest BCUT2D eigenvalue weighted by Gasteiger charge is 2.05. The van der Waals surface area contributed by atoms with E-state index in [4.69, 9.17) is 10.2 Å². The molecule has 0 saturated heterocycles. The highest BCUT2D eigenvalue weighted by molar-refractivity contribution is 5.90. The molecule has 3 heteroatoms. The predicted molar refractivity (Wildman–Crippen MR) is 85.4 cm³/mol. The number of carboxylic acid groups (broad SMARTS) is 1. The summed E-state index contributed by atoms with van der Waals surface area (Å²) in [6.07, 6.45) is 2.74. The summed E-state index contributed by atoms with van der Waals surface area (Å²) in [6, 6.07) is 16.0. The molecule has 0 aromatic heterocycles. The first-order valence-corrected chi connectivity index (χ1v) is 6.41. The van der Waals surface area contributed by atoms with Gasteiger partial charge in [0.25, 0.3) is 0 Å². The first kappa shape index (κ1) is 16.2. The maximum absolute atomic E-state index is 10.3. The Balaban J connectivity index is 0.000000211. The molecular weight excluding hydrogens is 264 g/mol. The van der Waals surface area contributed by atoms with Crippen LogP contribution < -0.4 is 0 Å². The molecule has 0 radical (unpaired) electrons. The van der Waals surface area contributed by atoms with Crippen LogP contribution in [-0.4, -0.2) is 16.2 Å². The number of aromatic carboxylic acids is 1. The SMILES string of the molecule is C=CCC(=C)c1ccccc1.O=C(O)c1ccccc1O. The first-order valence-electron chi connectivity index (χ1n) is 6.41. The molecule has 3 nitrogen and oxygen atoms in total. The van der Waals surface area contributed by atoms with Gasteiger partial charge < -0.3 is 10.2 Å². The molecule has 0 spiro atoms. The van der Waals surface area contributed by atoms with E-state index in [1.807, 2.05) is 24.3 Å². The molecule has 0 heterocycles. The van der Waals surface area contributed by atoms with E-state index in [2.05, 4.69) is 25.3 Å². The van der Waals surface area contributed by atoms with Gasteiger partial charge in [-0.1, -0.05) is 55.1 Å². The van der Waals surface area contributed by atoms with Crippen molar-refractivity contribution < 1.29 is 15.0 Å². The lowest BCUT2D eigenvalue weighted by Crippen LogP contribution is -1.95. The van der Waals surface area contributed by atoms with Gasteiger partial charge in [-0.25, -0.2) is 4.79 Å². The van der Waals surface area contributed by atoms with Crippen LogP contribution >= 0.6 is 0 Å². The number of hydrogen-bond donors (Lipinski definition) is 2. The summed E-state index contributed by atoms with van der Waals surface area (Å²) >= 11 is 0. The van der Waals surface area contributed by atoms with Crippen molar-refractivity contribution in [2.75, 3.05) is 0 Å². The molecule has 0 fully saturated rings. The number of benzene rings is 2. The van der Waals surface area contributed by atoms with E-state index >= 15 is 0 Å².